The van der Waals surface area contributed by atoms with Gasteiger partial charge in [-0.1, -0.05) is 0 Å². The summed E-state index contributed by atoms with van der Waals surface area (Å²) >= 11 is 0. The van der Waals surface area contributed by atoms with Gasteiger partial charge in [-0.2, -0.15) is 13.2 Å². The molecule has 3 amide bonds. The zero-order valence-corrected chi connectivity index (χ0v) is 23.8. The van der Waals surface area contributed by atoms with Crippen molar-refractivity contribution in [2.45, 2.75) is 102 Å². The fraction of sp³-hybridized carbons (Fsp3) is 0.655. The first-order valence-corrected chi connectivity index (χ1v) is 14.0. The molecule has 0 radical (unpaired) electrons. The summed E-state index contributed by atoms with van der Waals surface area (Å²) in [5, 5.41) is 2.79. The second-order valence-corrected chi connectivity index (χ2v) is 12.1. The first-order chi connectivity index (χ1) is 19.2. The molecule has 3 aliphatic heterocycles. The number of halogens is 3. The van der Waals surface area contributed by atoms with Crippen molar-refractivity contribution in [2.75, 3.05) is 13.7 Å². The van der Waals surface area contributed by atoms with Crippen molar-refractivity contribution in [1.29, 1.82) is 0 Å². The molecule has 12 heteroatoms. The van der Waals surface area contributed by atoms with E-state index >= 15 is 0 Å². The smallest absolute Gasteiger partial charge is 0.416 e. The third-order valence-corrected chi connectivity index (χ3v) is 8.16. The van der Waals surface area contributed by atoms with Crippen molar-refractivity contribution < 1.29 is 41.8 Å². The minimum absolute atomic E-state index is 0.0622. The van der Waals surface area contributed by atoms with Crippen LogP contribution in [0.3, 0.4) is 0 Å². The molecule has 0 aliphatic carbocycles. The molecule has 2 unspecified atom stereocenters. The number of hydrogen-bond acceptors (Lipinski definition) is 6. The molecular weight excluding hydrogens is 543 g/mol. The zero-order valence-electron chi connectivity index (χ0n) is 23.8. The number of carbonyl (C=O) groups is 4. The van der Waals surface area contributed by atoms with Crippen LogP contribution in [0.4, 0.5) is 18.0 Å². The summed E-state index contributed by atoms with van der Waals surface area (Å²) in [6, 6.07) is 2.49. The van der Waals surface area contributed by atoms with Gasteiger partial charge in [0.15, 0.2) is 0 Å². The van der Waals surface area contributed by atoms with Crippen LogP contribution >= 0.6 is 0 Å². The molecule has 3 aliphatic rings. The Kier molecular flexibility index (Phi) is 8.89. The number of likely N-dealkylation sites (tertiary alicyclic amines) is 1. The summed E-state index contributed by atoms with van der Waals surface area (Å²) in [5.74, 6) is -1.36. The maximum absolute atomic E-state index is 13.9. The van der Waals surface area contributed by atoms with Crippen LogP contribution in [0.15, 0.2) is 24.3 Å². The van der Waals surface area contributed by atoms with Gasteiger partial charge in [0.2, 0.25) is 5.91 Å². The van der Waals surface area contributed by atoms with Crippen molar-refractivity contribution in [3.63, 3.8) is 0 Å². The lowest BCUT2D eigenvalue weighted by Gasteiger charge is -2.42. The highest BCUT2D eigenvalue weighted by Crippen LogP contribution is 2.42. The van der Waals surface area contributed by atoms with Gasteiger partial charge in [0.1, 0.15) is 11.6 Å². The number of fused-ring (bicyclic) bond motifs is 2. The maximum Gasteiger partial charge on any atom is 0.416 e. The predicted molar refractivity (Wildman–Crippen MR) is 142 cm³/mol. The van der Waals surface area contributed by atoms with Crippen LogP contribution < -0.4 is 5.32 Å². The van der Waals surface area contributed by atoms with Gasteiger partial charge in [0.05, 0.1) is 19.1 Å². The van der Waals surface area contributed by atoms with Gasteiger partial charge in [0, 0.05) is 30.2 Å². The van der Waals surface area contributed by atoms with E-state index in [1.807, 2.05) is 0 Å². The molecule has 2 bridgehead atoms. The number of methoxy groups -OCH3 is 1. The number of rotatable bonds is 6. The van der Waals surface area contributed by atoms with Crippen LogP contribution in [0, 0.1) is 5.92 Å². The number of ether oxygens (including phenoxy) is 2. The van der Waals surface area contributed by atoms with E-state index < -0.39 is 35.4 Å². The molecule has 226 valence electrons. The normalized spacial score (nSPS) is 25.0. The number of nitrogens with one attached hydrogen (secondary N) is 1. The molecule has 41 heavy (non-hydrogen) atoms. The summed E-state index contributed by atoms with van der Waals surface area (Å²) in [6.45, 7) is 5.62. The SMILES string of the molecule is COC(=O)C[C@@H]1CCCN1C(=O)[C@@H](NC(=O)OC(C)(C)C)C1CC2CCC(C1)N2C(=O)c1ccc(C(F)(F)F)cc1. The van der Waals surface area contributed by atoms with E-state index in [2.05, 4.69) is 5.32 Å². The van der Waals surface area contributed by atoms with E-state index in [9.17, 15) is 32.3 Å². The van der Waals surface area contributed by atoms with Gasteiger partial charge in [-0.25, -0.2) is 4.79 Å². The largest absolute Gasteiger partial charge is 0.469 e. The number of piperidine rings is 1. The number of nitrogens with zero attached hydrogens (tertiary/aromatic N) is 2. The van der Waals surface area contributed by atoms with Crippen molar-refractivity contribution in [3.8, 4) is 0 Å². The Hall–Kier alpha value is -3.31. The molecule has 3 saturated heterocycles. The van der Waals surface area contributed by atoms with Crippen LogP contribution in [0.25, 0.3) is 0 Å². The Morgan fingerprint density at radius 2 is 1.61 bits per heavy atom. The Labute approximate surface area is 237 Å². The van der Waals surface area contributed by atoms with Gasteiger partial charge in [-0.05, 0) is 89.5 Å². The molecule has 0 spiro atoms. The monoisotopic (exact) mass is 581 g/mol. The van der Waals surface area contributed by atoms with E-state index in [-0.39, 0.29) is 47.8 Å². The summed E-state index contributed by atoms with van der Waals surface area (Å²) in [7, 11) is 1.30. The summed E-state index contributed by atoms with van der Waals surface area (Å²) in [4.78, 5) is 55.5. The fourth-order valence-corrected chi connectivity index (χ4v) is 6.38. The van der Waals surface area contributed by atoms with Gasteiger partial charge < -0.3 is 24.6 Å². The third kappa shape index (κ3) is 7.13. The molecule has 1 N–H and O–H groups in total. The molecule has 4 rings (SSSR count). The third-order valence-electron chi connectivity index (χ3n) is 8.16. The Morgan fingerprint density at radius 3 is 2.15 bits per heavy atom. The van der Waals surface area contributed by atoms with Crippen LogP contribution in [0.1, 0.15) is 81.6 Å². The number of alkyl carbamates (subject to hydrolysis) is 1. The van der Waals surface area contributed by atoms with Crippen LogP contribution in [0.5, 0.6) is 0 Å². The highest BCUT2D eigenvalue weighted by molar-refractivity contribution is 5.95. The second-order valence-electron chi connectivity index (χ2n) is 12.1. The second kappa shape index (κ2) is 11.9. The summed E-state index contributed by atoms with van der Waals surface area (Å²) in [5.41, 5.74) is -1.43. The zero-order chi connectivity index (χ0) is 30.1. The lowest BCUT2D eigenvalue weighted by molar-refractivity contribution is -0.144. The Bertz CT molecular complexity index is 1140. The average Bonchev–Trinajstić information content (AvgIpc) is 3.45. The fourth-order valence-electron chi connectivity index (χ4n) is 6.38. The van der Waals surface area contributed by atoms with Crippen LogP contribution in [-0.2, 0) is 25.2 Å². The number of hydrogen-bond donors (Lipinski definition) is 1. The van der Waals surface area contributed by atoms with Crippen LogP contribution in [0.2, 0.25) is 0 Å². The van der Waals surface area contributed by atoms with E-state index in [1.165, 1.54) is 19.2 Å². The predicted octanol–water partition coefficient (Wildman–Crippen LogP) is 4.54. The molecule has 1 aromatic rings. The van der Waals surface area contributed by atoms with Gasteiger partial charge in [-0.3, -0.25) is 14.4 Å². The topological polar surface area (TPSA) is 105 Å². The molecule has 3 heterocycles. The number of amides is 3. The minimum atomic E-state index is -4.49. The van der Waals surface area contributed by atoms with E-state index in [4.69, 9.17) is 9.47 Å². The van der Waals surface area contributed by atoms with E-state index in [0.717, 1.165) is 18.6 Å². The molecule has 0 aromatic heterocycles. The van der Waals surface area contributed by atoms with E-state index in [0.29, 0.717) is 38.6 Å². The molecule has 4 atom stereocenters. The van der Waals surface area contributed by atoms with Gasteiger partial charge >= 0.3 is 18.2 Å². The van der Waals surface area contributed by atoms with Gasteiger partial charge in [0.25, 0.3) is 5.91 Å². The maximum atomic E-state index is 13.9. The lowest BCUT2D eigenvalue weighted by Crippen LogP contribution is -2.58. The molecule has 3 fully saturated rings. The average molecular weight is 582 g/mol. The highest BCUT2D eigenvalue weighted by Gasteiger charge is 2.48. The van der Waals surface area contributed by atoms with Crippen LogP contribution in [-0.4, -0.2) is 77.1 Å². The Morgan fingerprint density at radius 1 is 1.00 bits per heavy atom. The number of benzene rings is 1. The number of carbonyl (C=O) groups excluding carboxylic acids is 4. The summed E-state index contributed by atoms with van der Waals surface area (Å²) in [6.07, 6.45) is -1.54. The van der Waals surface area contributed by atoms with E-state index in [1.54, 1.807) is 30.6 Å². The number of alkyl halides is 3. The van der Waals surface area contributed by atoms with Crippen molar-refractivity contribution >= 4 is 23.9 Å². The first-order valence-electron chi connectivity index (χ1n) is 14.0. The first kappa shape index (κ1) is 30.6. The molecule has 0 saturated carbocycles. The van der Waals surface area contributed by atoms with Crippen molar-refractivity contribution in [1.82, 2.24) is 15.1 Å². The van der Waals surface area contributed by atoms with Gasteiger partial charge in [-0.15, -0.1) is 0 Å². The summed E-state index contributed by atoms with van der Waals surface area (Å²) < 4.78 is 49.3. The molecular formula is C29H38F3N3O6. The Balaban J connectivity index is 1.53. The highest BCUT2D eigenvalue weighted by atomic mass is 19.4. The number of esters is 1. The molecule has 1 aromatic carbocycles. The quantitative estimate of drug-likeness (QED) is 0.495. The van der Waals surface area contributed by atoms with Crippen molar-refractivity contribution in [2.24, 2.45) is 5.92 Å². The molecule has 9 nitrogen and oxygen atoms in total. The minimum Gasteiger partial charge on any atom is -0.469 e. The van der Waals surface area contributed by atoms with Crippen molar-refractivity contribution in [3.05, 3.63) is 35.4 Å². The lowest BCUT2D eigenvalue weighted by atomic mass is 9.83. The standard InChI is InChI=1S/C29H38F3N3O6/c1-28(2,3)41-27(39)33-24(26(38)34-13-5-6-20(34)16-23(36)40-4)18-14-21-11-12-22(15-18)35(21)25(37)17-7-9-19(10-8-17)29(30,31)32/h7-10,18,20-22,24H,5-6,11-16H2,1-4H3,(H,33,39)/t18?,20-,21?,22?,24-/m0/s1.